The fourth-order valence-corrected chi connectivity index (χ4v) is 5.12. The number of aryl methyl sites for hydroxylation is 1. The molecule has 2 aromatic rings. The maximum absolute atomic E-state index is 13.2. The number of nitrogens with zero attached hydrogens (tertiary/aromatic N) is 3. The molecule has 0 bridgehead atoms. The van der Waals surface area contributed by atoms with E-state index < -0.39 is 15.6 Å². The summed E-state index contributed by atoms with van der Waals surface area (Å²) < 4.78 is 29.5. The molecule has 0 aliphatic carbocycles. The minimum atomic E-state index is -3.68. The van der Waals surface area contributed by atoms with Crippen LogP contribution in [0.2, 0.25) is 0 Å². The summed E-state index contributed by atoms with van der Waals surface area (Å²) in [5.41, 5.74) is 1.83. The molecular formula is C17H23N3O3S. The van der Waals surface area contributed by atoms with Crippen molar-refractivity contribution in [2.45, 2.75) is 51.2 Å². The van der Waals surface area contributed by atoms with E-state index in [4.69, 9.17) is 0 Å². The summed E-state index contributed by atoms with van der Waals surface area (Å²) in [7, 11) is -3.68. The van der Waals surface area contributed by atoms with Crippen molar-refractivity contribution in [1.29, 1.82) is 0 Å². The molecule has 0 saturated heterocycles. The van der Waals surface area contributed by atoms with Gasteiger partial charge in [-0.05, 0) is 45.7 Å². The molecule has 0 unspecified atom stereocenters. The van der Waals surface area contributed by atoms with Crippen LogP contribution in [0.15, 0.2) is 29.2 Å². The van der Waals surface area contributed by atoms with E-state index in [0.29, 0.717) is 24.4 Å². The lowest BCUT2D eigenvalue weighted by Crippen LogP contribution is -2.30. The SMILES string of the molecule is Cc1nn(CC(C)(C)O)c(C)c1S(=O)(=O)N1CCc2ccccc21. The Morgan fingerprint density at radius 1 is 1.25 bits per heavy atom. The van der Waals surface area contributed by atoms with E-state index in [1.165, 1.54) is 4.31 Å². The topological polar surface area (TPSA) is 75.4 Å². The molecule has 7 heteroatoms. The van der Waals surface area contributed by atoms with Crippen molar-refractivity contribution >= 4 is 15.7 Å². The molecule has 1 aliphatic rings. The predicted octanol–water partition coefficient (Wildman–Crippen LogP) is 2.02. The zero-order valence-electron chi connectivity index (χ0n) is 14.4. The second kappa shape index (κ2) is 5.60. The number of rotatable bonds is 4. The van der Waals surface area contributed by atoms with Crippen LogP contribution >= 0.6 is 0 Å². The van der Waals surface area contributed by atoms with Crippen molar-refractivity contribution in [3.05, 3.63) is 41.2 Å². The number of aliphatic hydroxyl groups is 1. The normalized spacial score (nSPS) is 15.0. The molecule has 2 heterocycles. The minimum absolute atomic E-state index is 0.239. The maximum Gasteiger partial charge on any atom is 0.268 e. The molecule has 0 saturated carbocycles. The number of fused-ring (bicyclic) bond motifs is 1. The lowest BCUT2D eigenvalue weighted by atomic mass is 10.1. The quantitative estimate of drug-likeness (QED) is 0.916. The van der Waals surface area contributed by atoms with E-state index in [9.17, 15) is 13.5 Å². The molecule has 0 radical (unpaired) electrons. The smallest absolute Gasteiger partial charge is 0.268 e. The van der Waals surface area contributed by atoms with Gasteiger partial charge in [-0.3, -0.25) is 8.99 Å². The largest absolute Gasteiger partial charge is 0.389 e. The van der Waals surface area contributed by atoms with Crippen LogP contribution in [-0.4, -0.2) is 35.5 Å². The average molecular weight is 349 g/mol. The van der Waals surface area contributed by atoms with Crippen molar-refractivity contribution in [2.24, 2.45) is 0 Å². The second-order valence-electron chi connectivity index (χ2n) is 6.93. The predicted molar refractivity (Wildman–Crippen MR) is 92.7 cm³/mol. The Morgan fingerprint density at radius 2 is 1.92 bits per heavy atom. The molecule has 24 heavy (non-hydrogen) atoms. The summed E-state index contributed by atoms with van der Waals surface area (Å²) in [6.07, 6.45) is 0.714. The third-order valence-electron chi connectivity index (χ3n) is 4.24. The average Bonchev–Trinajstić information content (AvgIpc) is 2.99. The minimum Gasteiger partial charge on any atom is -0.389 e. The van der Waals surface area contributed by atoms with Gasteiger partial charge < -0.3 is 5.11 Å². The van der Waals surface area contributed by atoms with Crippen molar-refractivity contribution in [3.63, 3.8) is 0 Å². The highest BCUT2D eigenvalue weighted by Gasteiger charge is 2.35. The van der Waals surface area contributed by atoms with Gasteiger partial charge in [-0.25, -0.2) is 8.42 Å². The molecule has 1 N–H and O–H groups in total. The monoisotopic (exact) mass is 349 g/mol. The molecule has 0 fully saturated rings. The molecule has 6 nitrogen and oxygen atoms in total. The number of hydrogen-bond donors (Lipinski definition) is 1. The van der Waals surface area contributed by atoms with Crippen molar-refractivity contribution < 1.29 is 13.5 Å². The summed E-state index contributed by atoms with van der Waals surface area (Å²) in [6, 6.07) is 7.57. The van der Waals surface area contributed by atoms with Gasteiger partial charge in [-0.1, -0.05) is 18.2 Å². The highest BCUT2D eigenvalue weighted by molar-refractivity contribution is 7.93. The van der Waals surface area contributed by atoms with E-state index in [0.717, 1.165) is 11.3 Å². The Hall–Kier alpha value is -1.86. The van der Waals surface area contributed by atoms with Crippen LogP contribution in [0.5, 0.6) is 0 Å². The summed E-state index contributed by atoms with van der Waals surface area (Å²) in [4.78, 5) is 0.239. The Kier molecular flexibility index (Phi) is 3.96. The van der Waals surface area contributed by atoms with Gasteiger partial charge in [0.25, 0.3) is 10.0 Å². The summed E-state index contributed by atoms with van der Waals surface area (Å²) in [5, 5.41) is 14.4. The van der Waals surface area contributed by atoms with Gasteiger partial charge in [-0.15, -0.1) is 0 Å². The molecule has 3 rings (SSSR count). The van der Waals surface area contributed by atoms with E-state index in [-0.39, 0.29) is 11.4 Å². The van der Waals surface area contributed by atoms with Gasteiger partial charge in [0.2, 0.25) is 0 Å². The maximum atomic E-state index is 13.2. The van der Waals surface area contributed by atoms with Gasteiger partial charge in [0, 0.05) is 6.54 Å². The molecule has 130 valence electrons. The summed E-state index contributed by atoms with van der Waals surface area (Å²) in [6.45, 7) is 7.47. The fourth-order valence-electron chi connectivity index (χ4n) is 3.24. The zero-order valence-corrected chi connectivity index (χ0v) is 15.3. The first-order valence-electron chi connectivity index (χ1n) is 7.98. The Balaban J connectivity index is 2.06. The number of aromatic nitrogens is 2. The van der Waals surface area contributed by atoms with Crippen LogP contribution in [0.3, 0.4) is 0 Å². The molecule has 0 amide bonds. The van der Waals surface area contributed by atoms with E-state index >= 15 is 0 Å². The number of anilines is 1. The number of benzene rings is 1. The number of para-hydroxylation sites is 1. The van der Waals surface area contributed by atoms with E-state index in [1.54, 1.807) is 32.4 Å². The van der Waals surface area contributed by atoms with Gasteiger partial charge in [-0.2, -0.15) is 5.10 Å². The highest BCUT2D eigenvalue weighted by atomic mass is 32.2. The molecule has 0 atom stereocenters. The van der Waals surface area contributed by atoms with Crippen LogP contribution in [0.25, 0.3) is 0 Å². The van der Waals surface area contributed by atoms with Crippen LogP contribution < -0.4 is 4.31 Å². The van der Waals surface area contributed by atoms with Crippen molar-refractivity contribution in [2.75, 3.05) is 10.8 Å². The number of sulfonamides is 1. The van der Waals surface area contributed by atoms with Crippen LogP contribution in [0, 0.1) is 13.8 Å². The van der Waals surface area contributed by atoms with Crippen molar-refractivity contribution in [3.8, 4) is 0 Å². The molecular weight excluding hydrogens is 326 g/mol. The third-order valence-corrected chi connectivity index (χ3v) is 6.31. The summed E-state index contributed by atoms with van der Waals surface area (Å²) in [5.74, 6) is 0. The second-order valence-corrected chi connectivity index (χ2v) is 8.73. The zero-order chi connectivity index (χ0) is 17.7. The fraction of sp³-hybridized carbons (Fsp3) is 0.471. The molecule has 1 aliphatic heterocycles. The lowest BCUT2D eigenvalue weighted by molar-refractivity contribution is 0.0569. The van der Waals surface area contributed by atoms with Crippen LogP contribution in [-0.2, 0) is 23.0 Å². The van der Waals surface area contributed by atoms with E-state index in [1.807, 2.05) is 24.3 Å². The third kappa shape index (κ3) is 2.82. The summed E-state index contributed by atoms with van der Waals surface area (Å²) >= 11 is 0. The Morgan fingerprint density at radius 3 is 2.58 bits per heavy atom. The standard InChI is InChI=1S/C17H23N3O3S/c1-12-16(13(2)19(18-12)11-17(3,4)21)24(22,23)20-10-9-14-7-5-6-8-15(14)20/h5-8,21H,9-11H2,1-4H3. The van der Waals surface area contributed by atoms with Gasteiger partial charge in [0.1, 0.15) is 4.90 Å². The number of hydrogen-bond acceptors (Lipinski definition) is 4. The highest BCUT2D eigenvalue weighted by Crippen LogP contribution is 2.34. The lowest BCUT2D eigenvalue weighted by Gasteiger charge is -2.20. The first kappa shape index (κ1) is 17.0. The first-order valence-corrected chi connectivity index (χ1v) is 9.42. The van der Waals surface area contributed by atoms with E-state index in [2.05, 4.69) is 5.10 Å². The molecule has 1 aromatic heterocycles. The van der Waals surface area contributed by atoms with Crippen LogP contribution in [0.1, 0.15) is 30.8 Å². The van der Waals surface area contributed by atoms with Crippen molar-refractivity contribution in [1.82, 2.24) is 9.78 Å². The van der Waals surface area contributed by atoms with Gasteiger partial charge in [0.15, 0.2) is 0 Å². The molecule has 1 aromatic carbocycles. The first-order chi connectivity index (χ1) is 11.1. The van der Waals surface area contributed by atoms with Crippen LogP contribution in [0.4, 0.5) is 5.69 Å². The van der Waals surface area contributed by atoms with Gasteiger partial charge in [0.05, 0.1) is 29.2 Å². The van der Waals surface area contributed by atoms with Gasteiger partial charge >= 0.3 is 0 Å². The Labute approximate surface area is 142 Å². The molecule has 0 spiro atoms. The Bertz CT molecular complexity index is 879.